The summed E-state index contributed by atoms with van der Waals surface area (Å²) < 4.78 is 4.20. The summed E-state index contributed by atoms with van der Waals surface area (Å²) >= 11 is 0. The standard InChI is InChI=1S/C25H32N4O2/c30-24-19(16-26-10-2-1-3-11-26)6-9-22-20-13-18(15-29(22)24)14-27(17-20)25(31)23-5-4-12-28(23)21-7-8-21/h4-6,9,12,18,20-21H,1-3,7-8,10-11,13-17H2/t18-,20+/m0/s1. The zero-order chi connectivity index (χ0) is 20.9. The number of pyridine rings is 1. The minimum absolute atomic E-state index is 0.157. The van der Waals surface area contributed by atoms with Crippen LogP contribution in [-0.4, -0.2) is 51.0 Å². The highest BCUT2D eigenvalue weighted by molar-refractivity contribution is 5.93. The van der Waals surface area contributed by atoms with Crippen LogP contribution in [0.5, 0.6) is 0 Å². The lowest BCUT2D eigenvalue weighted by molar-refractivity contribution is 0.0583. The quantitative estimate of drug-likeness (QED) is 0.763. The maximum Gasteiger partial charge on any atom is 0.270 e. The Kier molecular flexibility index (Phi) is 4.78. The molecule has 1 amide bonds. The van der Waals surface area contributed by atoms with E-state index >= 15 is 0 Å². The average Bonchev–Trinajstić information content (AvgIpc) is 3.52. The van der Waals surface area contributed by atoms with Crippen molar-refractivity contribution in [1.29, 1.82) is 0 Å². The Balaban J connectivity index is 1.23. The molecule has 4 aliphatic rings. The van der Waals surface area contributed by atoms with E-state index in [1.54, 1.807) is 0 Å². The topological polar surface area (TPSA) is 50.5 Å². The van der Waals surface area contributed by atoms with E-state index < -0.39 is 0 Å². The van der Waals surface area contributed by atoms with Crippen molar-refractivity contribution in [3.8, 4) is 0 Å². The number of fused-ring (bicyclic) bond motifs is 4. The molecule has 3 aliphatic heterocycles. The first kappa shape index (κ1) is 19.4. The molecule has 0 N–H and O–H groups in total. The maximum absolute atomic E-state index is 13.3. The fraction of sp³-hybridized carbons (Fsp3) is 0.600. The van der Waals surface area contributed by atoms with E-state index in [1.807, 2.05) is 21.6 Å². The van der Waals surface area contributed by atoms with Crippen molar-refractivity contribution in [2.75, 3.05) is 26.2 Å². The van der Waals surface area contributed by atoms with Crippen LogP contribution in [0.3, 0.4) is 0 Å². The summed E-state index contributed by atoms with van der Waals surface area (Å²) in [5.74, 6) is 0.782. The molecule has 0 spiro atoms. The molecule has 0 unspecified atom stereocenters. The Labute approximate surface area is 183 Å². The number of aromatic nitrogens is 2. The van der Waals surface area contributed by atoms with E-state index in [9.17, 15) is 9.59 Å². The first-order valence-electron chi connectivity index (χ1n) is 12.1. The van der Waals surface area contributed by atoms with Crippen LogP contribution in [0.2, 0.25) is 0 Å². The monoisotopic (exact) mass is 420 g/mol. The summed E-state index contributed by atoms with van der Waals surface area (Å²) in [7, 11) is 0. The van der Waals surface area contributed by atoms with Gasteiger partial charge in [0.25, 0.3) is 11.5 Å². The summed E-state index contributed by atoms with van der Waals surface area (Å²) in [5.41, 5.74) is 3.08. The molecule has 0 radical (unpaired) electrons. The molecule has 3 fully saturated rings. The highest BCUT2D eigenvalue weighted by Crippen LogP contribution is 2.38. The molecule has 1 aliphatic carbocycles. The average molecular weight is 421 g/mol. The molecular weight excluding hydrogens is 388 g/mol. The van der Waals surface area contributed by atoms with Gasteiger partial charge >= 0.3 is 0 Å². The fourth-order valence-corrected chi connectivity index (χ4v) is 6.04. The molecule has 5 heterocycles. The third-order valence-corrected chi connectivity index (χ3v) is 7.75. The molecule has 31 heavy (non-hydrogen) atoms. The van der Waals surface area contributed by atoms with Gasteiger partial charge in [0.2, 0.25) is 0 Å². The molecule has 1 saturated carbocycles. The molecule has 6 rings (SSSR count). The second-order valence-corrected chi connectivity index (χ2v) is 10.1. The Morgan fingerprint density at radius 3 is 2.65 bits per heavy atom. The second-order valence-electron chi connectivity index (χ2n) is 10.1. The third kappa shape index (κ3) is 3.55. The van der Waals surface area contributed by atoms with Crippen LogP contribution >= 0.6 is 0 Å². The fourth-order valence-electron chi connectivity index (χ4n) is 6.04. The SMILES string of the molecule is O=C(c1cccn1C1CC1)N1C[C@@H]2C[C@H](C1)c1ccc(CN3CCCCC3)c(=O)n1C2. The van der Waals surface area contributed by atoms with Crippen molar-refractivity contribution in [3.05, 3.63) is 57.8 Å². The highest BCUT2D eigenvalue weighted by atomic mass is 16.2. The van der Waals surface area contributed by atoms with E-state index in [4.69, 9.17) is 0 Å². The number of hydrogen-bond acceptors (Lipinski definition) is 3. The van der Waals surface area contributed by atoms with Crippen molar-refractivity contribution in [1.82, 2.24) is 18.9 Å². The first-order valence-corrected chi connectivity index (χ1v) is 12.1. The lowest BCUT2D eigenvalue weighted by atomic mass is 9.82. The number of rotatable bonds is 4. The predicted molar refractivity (Wildman–Crippen MR) is 119 cm³/mol. The van der Waals surface area contributed by atoms with Crippen LogP contribution in [0.1, 0.15) is 72.2 Å². The molecule has 0 aromatic carbocycles. The van der Waals surface area contributed by atoms with Crippen molar-refractivity contribution >= 4 is 5.91 Å². The molecule has 2 aromatic rings. The second kappa shape index (κ2) is 7.66. The molecule has 2 atom stereocenters. The molecule has 6 heteroatoms. The van der Waals surface area contributed by atoms with Gasteiger partial charge in [-0.2, -0.15) is 0 Å². The summed E-state index contributed by atoms with van der Waals surface area (Å²) in [4.78, 5) is 31.1. The zero-order valence-corrected chi connectivity index (χ0v) is 18.2. The molecule has 2 aromatic heterocycles. The zero-order valence-electron chi connectivity index (χ0n) is 18.2. The lowest BCUT2D eigenvalue weighted by Gasteiger charge is -2.43. The molecule has 2 bridgehead atoms. The molecular formula is C25H32N4O2. The Morgan fingerprint density at radius 1 is 1.00 bits per heavy atom. The summed E-state index contributed by atoms with van der Waals surface area (Å²) in [6, 6.07) is 8.70. The number of carbonyl (C=O) groups is 1. The van der Waals surface area contributed by atoms with Crippen LogP contribution in [0.25, 0.3) is 0 Å². The van der Waals surface area contributed by atoms with Crippen LogP contribution in [0, 0.1) is 5.92 Å². The minimum Gasteiger partial charge on any atom is -0.340 e. The van der Waals surface area contributed by atoms with Gasteiger partial charge in [0.15, 0.2) is 0 Å². The van der Waals surface area contributed by atoms with Gasteiger partial charge in [-0.1, -0.05) is 12.5 Å². The first-order chi connectivity index (χ1) is 15.2. The minimum atomic E-state index is 0.157. The van der Waals surface area contributed by atoms with Crippen molar-refractivity contribution in [3.63, 3.8) is 0 Å². The molecule has 164 valence electrons. The van der Waals surface area contributed by atoms with Gasteiger partial charge < -0.3 is 14.0 Å². The highest BCUT2D eigenvalue weighted by Gasteiger charge is 2.38. The number of carbonyl (C=O) groups excluding carboxylic acids is 1. The van der Waals surface area contributed by atoms with Crippen LogP contribution < -0.4 is 5.56 Å². The van der Waals surface area contributed by atoms with Crippen LogP contribution in [0.4, 0.5) is 0 Å². The van der Waals surface area contributed by atoms with E-state index in [0.717, 1.165) is 62.6 Å². The Bertz CT molecular complexity index is 1040. The van der Waals surface area contributed by atoms with Crippen molar-refractivity contribution < 1.29 is 4.79 Å². The number of hydrogen-bond donors (Lipinski definition) is 0. The van der Waals surface area contributed by atoms with Gasteiger partial charge in [0.1, 0.15) is 5.69 Å². The Morgan fingerprint density at radius 2 is 1.84 bits per heavy atom. The van der Waals surface area contributed by atoms with Gasteiger partial charge in [-0.25, -0.2) is 0 Å². The normalized spacial score (nSPS) is 26.0. The van der Waals surface area contributed by atoms with E-state index in [2.05, 4.69) is 27.8 Å². The third-order valence-electron chi connectivity index (χ3n) is 7.75. The van der Waals surface area contributed by atoms with Gasteiger partial charge in [-0.05, 0) is 69.3 Å². The van der Waals surface area contributed by atoms with E-state index in [-0.39, 0.29) is 17.4 Å². The summed E-state index contributed by atoms with van der Waals surface area (Å²) in [5, 5.41) is 0. The van der Waals surface area contributed by atoms with E-state index in [1.165, 1.54) is 32.1 Å². The van der Waals surface area contributed by atoms with Gasteiger partial charge in [-0.3, -0.25) is 14.5 Å². The van der Waals surface area contributed by atoms with Crippen molar-refractivity contribution in [2.45, 2.75) is 63.6 Å². The van der Waals surface area contributed by atoms with Gasteiger partial charge in [-0.15, -0.1) is 0 Å². The number of nitrogens with zero attached hydrogens (tertiary/aromatic N) is 4. The van der Waals surface area contributed by atoms with Gasteiger partial charge in [0, 0.05) is 55.6 Å². The number of likely N-dealkylation sites (tertiary alicyclic amines) is 2. The van der Waals surface area contributed by atoms with Crippen LogP contribution in [-0.2, 0) is 13.1 Å². The Hall–Kier alpha value is -2.34. The maximum atomic E-state index is 13.3. The van der Waals surface area contributed by atoms with Crippen LogP contribution in [0.15, 0.2) is 35.3 Å². The number of amides is 1. The smallest absolute Gasteiger partial charge is 0.270 e. The van der Waals surface area contributed by atoms with Gasteiger partial charge in [0.05, 0.1) is 0 Å². The summed E-state index contributed by atoms with van der Waals surface area (Å²) in [6.07, 6.45) is 9.28. The summed E-state index contributed by atoms with van der Waals surface area (Å²) in [6.45, 7) is 5.20. The number of piperidine rings is 2. The van der Waals surface area contributed by atoms with E-state index in [0.29, 0.717) is 12.0 Å². The lowest BCUT2D eigenvalue weighted by Crippen LogP contribution is -2.50. The largest absolute Gasteiger partial charge is 0.340 e. The molecule has 6 nitrogen and oxygen atoms in total. The van der Waals surface area contributed by atoms with Crippen molar-refractivity contribution in [2.24, 2.45) is 5.92 Å². The predicted octanol–water partition coefficient (Wildman–Crippen LogP) is 3.23. The molecule has 2 saturated heterocycles.